The molecule has 8 heteroatoms. The van der Waals surface area contributed by atoms with E-state index in [1.807, 2.05) is 12.1 Å². The average Bonchev–Trinajstić information content (AvgIpc) is 3.55. The van der Waals surface area contributed by atoms with Crippen LogP contribution < -0.4 is 15.8 Å². The molecule has 0 radical (unpaired) electrons. The zero-order valence-electron chi connectivity index (χ0n) is 19.8. The fourth-order valence-electron chi connectivity index (χ4n) is 5.68. The first-order chi connectivity index (χ1) is 16.0. The molecule has 8 nitrogen and oxygen atoms in total. The van der Waals surface area contributed by atoms with Crippen molar-refractivity contribution in [2.75, 3.05) is 19.8 Å². The number of hydrogen-bond acceptors (Lipinski definition) is 7. The van der Waals surface area contributed by atoms with Gasteiger partial charge in [0, 0.05) is 16.8 Å². The first kappa shape index (κ1) is 22.8. The SMILES string of the molecule is CC(O)C(C(=O)N[C@]12C(=O)c3c(N)cccc3[C@@]1(O)Oc1cc(C(C)C3CC3)ccc12)N(C)C. The lowest BCUT2D eigenvalue weighted by Crippen LogP contribution is -2.64. The predicted octanol–water partition coefficient (Wildman–Crippen LogP) is 1.84. The fraction of sp³-hybridized carbons (Fsp3) is 0.462. The van der Waals surface area contributed by atoms with E-state index < -0.39 is 35.2 Å². The summed E-state index contributed by atoms with van der Waals surface area (Å²) in [6.45, 7) is 3.66. The zero-order chi connectivity index (χ0) is 24.6. The Morgan fingerprint density at radius 2 is 1.91 bits per heavy atom. The van der Waals surface area contributed by atoms with Crippen LogP contribution >= 0.6 is 0 Å². The third-order valence-corrected chi connectivity index (χ3v) is 7.65. The van der Waals surface area contributed by atoms with Crippen molar-refractivity contribution in [1.29, 1.82) is 0 Å². The Morgan fingerprint density at radius 1 is 1.21 bits per heavy atom. The third kappa shape index (κ3) is 2.95. The van der Waals surface area contributed by atoms with Crippen LogP contribution in [0, 0.1) is 5.92 Å². The normalized spacial score (nSPS) is 27.4. The van der Waals surface area contributed by atoms with Gasteiger partial charge in [0.15, 0.2) is 0 Å². The van der Waals surface area contributed by atoms with Crippen molar-refractivity contribution in [3.63, 3.8) is 0 Å². The number of carbonyl (C=O) groups excluding carboxylic acids is 2. The van der Waals surface area contributed by atoms with Gasteiger partial charge in [-0.05, 0) is 63.4 Å². The number of nitrogens with two attached hydrogens (primary N) is 1. The standard InChI is InChI=1S/C26H31N3O5/c1-13(15-8-9-15)16-10-11-17-20(12-16)34-26(33)18-6-5-7-19(27)21(18)23(31)25(17,26)28-24(32)22(14(2)30)29(3)4/h5-7,10-15,22,30,33H,8-9,27H2,1-4H3,(H,28,32)/t13?,14?,22?,25-,26-/m1/s1. The molecular formula is C26H31N3O5. The number of aliphatic hydroxyl groups excluding tert-OH is 1. The number of nitrogen functional groups attached to an aromatic ring is 1. The Labute approximate surface area is 198 Å². The lowest BCUT2D eigenvalue weighted by molar-refractivity contribution is -0.177. The summed E-state index contributed by atoms with van der Waals surface area (Å²) in [5.41, 5.74) is 6.19. The molecule has 3 aliphatic rings. The number of hydrogen-bond donors (Lipinski definition) is 4. The van der Waals surface area contributed by atoms with Gasteiger partial charge in [-0.3, -0.25) is 14.5 Å². The summed E-state index contributed by atoms with van der Waals surface area (Å²) in [5.74, 6) is -2.03. The molecule has 2 aromatic rings. The van der Waals surface area contributed by atoms with Crippen molar-refractivity contribution in [2.45, 2.75) is 56.1 Å². The maximum atomic E-state index is 14.0. The van der Waals surface area contributed by atoms with Gasteiger partial charge in [-0.25, -0.2) is 0 Å². The first-order valence-electron chi connectivity index (χ1n) is 11.7. The summed E-state index contributed by atoms with van der Waals surface area (Å²) in [5, 5.41) is 25.1. The van der Waals surface area contributed by atoms with Crippen LogP contribution in [-0.4, -0.2) is 53.0 Å². The predicted molar refractivity (Wildman–Crippen MR) is 126 cm³/mol. The van der Waals surface area contributed by atoms with E-state index in [-0.39, 0.29) is 16.8 Å². The highest BCUT2D eigenvalue weighted by molar-refractivity contribution is 6.15. The molecule has 5 rings (SSSR count). The minimum absolute atomic E-state index is 0.129. The number of rotatable bonds is 6. The summed E-state index contributed by atoms with van der Waals surface area (Å²) < 4.78 is 6.15. The van der Waals surface area contributed by atoms with Gasteiger partial charge in [-0.1, -0.05) is 31.2 Å². The highest BCUT2D eigenvalue weighted by atomic mass is 16.6. The fourth-order valence-corrected chi connectivity index (χ4v) is 5.68. The van der Waals surface area contributed by atoms with Crippen molar-refractivity contribution in [2.24, 2.45) is 5.92 Å². The Bertz CT molecular complexity index is 1180. The molecule has 0 bridgehead atoms. The van der Waals surface area contributed by atoms with Gasteiger partial charge in [0.1, 0.15) is 11.8 Å². The molecule has 0 aromatic heterocycles. The van der Waals surface area contributed by atoms with E-state index in [1.165, 1.54) is 19.8 Å². The molecule has 1 saturated carbocycles. The number of Topliss-reactive ketones (excluding diaryl/α,β-unsaturated/α-hetero) is 1. The van der Waals surface area contributed by atoms with Crippen molar-refractivity contribution in [3.05, 3.63) is 58.7 Å². The molecule has 1 fully saturated rings. The highest BCUT2D eigenvalue weighted by Crippen LogP contribution is 2.59. The van der Waals surface area contributed by atoms with Crippen molar-refractivity contribution in [1.82, 2.24) is 10.2 Å². The van der Waals surface area contributed by atoms with E-state index >= 15 is 0 Å². The molecule has 5 atom stereocenters. The second kappa shape index (κ2) is 7.53. The van der Waals surface area contributed by atoms with Crippen LogP contribution in [0.4, 0.5) is 5.69 Å². The number of aliphatic hydroxyl groups is 2. The van der Waals surface area contributed by atoms with E-state index in [1.54, 1.807) is 43.3 Å². The lowest BCUT2D eigenvalue weighted by atomic mass is 9.81. The average molecular weight is 466 g/mol. The minimum atomic E-state index is -2.18. The van der Waals surface area contributed by atoms with Crippen LogP contribution in [-0.2, 0) is 16.1 Å². The van der Waals surface area contributed by atoms with Crippen molar-refractivity contribution in [3.8, 4) is 5.75 Å². The molecule has 1 amide bonds. The smallest absolute Gasteiger partial charge is 0.271 e. The lowest BCUT2D eigenvalue weighted by Gasteiger charge is -2.37. The molecule has 180 valence electrons. The number of carbonyl (C=O) groups is 2. The van der Waals surface area contributed by atoms with Gasteiger partial charge in [0.05, 0.1) is 11.7 Å². The Hall–Kier alpha value is -2.94. The van der Waals surface area contributed by atoms with Crippen LogP contribution in [0.15, 0.2) is 36.4 Å². The maximum Gasteiger partial charge on any atom is 0.271 e. The molecule has 2 aliphatic carbocycles. The third-order valence-electron chi connectivity index (χ3n) is 7.65. The molecule has 1 heterocycles. The number of anilines is 1. The van der Waals surface area contributed by atoms with E-state index in [2.05, 4.69) is 12.2 Å². The van der Waals surface area contributed by atoms with Crippen molar-refractivity contribution < 1.29 is 24.5 Å². The molecule has 3 unspecified atom stereocenters. The summed E-state index contributed by atoms with van der Waals surface area (Å²) in [7, 11) is 3.32. The molecule has 34 heavy (non-hydrogen) atoms. The van der Waals surface area contributed by atoms with E-state index in [0.29, 0.717) is 23.1 Å². The Kier molecular flexibility index (Phi) is 5.06. The van der Waals surface area contributed by atoms with E-state index in [9.17, 15) is 19.8 Å². The topological polar surface area (TPSA) is 125 Å². The second-order valence-corrected chi connectivity index (χ2v) is 10.1. The number of ketones is 1. The molecule has 1 aliphatic heterocycles. The Morgan fingerprint density at radius 3 is 2.53 bits per heavy atom. The number of benzene rings is 2. The first-order valence-corrected chi connectivity index (χ1v) is 11.7. The van der Waals surface area contributed by atoms with Crippen LogP contribution in [0.25, 0.3) is 0 Å². The van der Waals surface area contributed by atoms with E-state index in [0.717, 1.165) is 5.56 Å². The molecule has 0 saturated heterocycles. The quantitative estimate of drug-likeness (QED) is 0.480. The van der Waals surface area contributed by atoms with Gasteiger partial charge < -0.3 is 26.0 Å². The van der Waals surface area contributed by atoms with Crippen LogP contribution in [0.1, 0.15) is 59.7 Å². The number of nitrogens with one attached hydrogen (secondary N) is 1. The molecule has 2 aromatic carbocycles. The molecule has 5 N–H and O–H groups in total. The highest BCUT2D eigenvalue weighted by Gasteiger charge is 2.72. The van der Waals surface area contributed by atoms with Gasteiger partial charge >= 0.3 is 0 Å². The summed E-state index contributed by atoms with van der Waals surface area (Å²) >= 11 is 0. The van der Waals surface area contributed by atoms with Gasteiger partial charge in [0.25, 0.3) is 5.79 Å². The minimum Gasteiger partial charge on any atom is -0.454 e. The van der Waals surface area contributed by atoms with Crippen molar-refractivity contribution >= 4 is 17.4 Å². The van der Waals surface area contributed by atoms with Crippen LogP contribution in [0.2, 0.25) is 0 Å². The molecular weight excluding hydrogens is 434 g/mol. The Balaban J connectivity index is 1.68. The largest absolute Gasteiger partial charge is 0.454 e. The monoisotopic (exact) mass is 465 g/mol. The number of amides is 1. The van der Waals surface area contributed by atoms with Gasteiger partial charge in [0.2, 0.25) is 17.2 Å². The summed E-state index contributed by atoms with van der Waals surface area (Å²) in [4.78, 5) is 29.0. The second-order valence-electron chi connectivity index (χ2n) is 10.1. The van der Waals surface area contributed by atoms with Gasteiger partial charge in [-0.2, -0.15) is 0 Å². The van der Waals surface area contributed by atoms with Gasteiger partial charge in [-0.15, -0.1) is 0 Å². The zero-order valence-corrected chi connectivity index (χ0v) is 19.8. The number of ether oxygens (including phenoxy) is 1. The number of likely N-dealkylation sites (N-methyl/N-ethyl adjacent to an activating group) is 1. The maximum absolute atomic E-state index is 14.0. The summed E-state index contributed by atoms with van der Waals surface area (Å²) in [6.07, 6.45) is 1.34. The number of nitrogens with zero attached hydrogens (tertiary/aromatic N) is 1. The number of fused-ring (bicyclic) bond motifs is 5. The summed E-state index contributed by atoms with van der Waals surface area (Å²) in [6, 6.07) is 9.41. The van der Waals surface area contributed by atoms with E-state index in [4.69, 9.17) is 10.5 Å². The van der Waals surface area contributed by atoms with Crippen LogP contribution in [0.5, 0.6) is 5.75 Å². The van der Waals surface area contributed by atoms with Crippen LogP contribution in [0.3, 0.4) is 0 Å². The molecule has 0 spiro atoms.